The van der Waals surface area contributed by atoms with E-state index in [1.165, 1.54) is 6.07 Å². The molecular weight excluding hydrogens is 443 g/mol. The van der Waals surface area contributed by atoms with Crippen LogP contribution >= 0.6 is 11.6 Å². The third-order valence-corrected chi connectivity index (χ3v) is 6.39. The van der Waals surface area contributed by atoms with Crippen LogP contribution in [-0.2, 0) is 22.1 Å². The summed E-state index contributed by atoms with van der Waals surface area (Å²) < 4.78 is 44.9. The molecule has 1 saturated heterocycles. The predicted octanol–water partition coefficient (Wildman–Crippen LogP) is 3.99. The minimum Gasteiger partial charge on any atom is -0.383 e. The number of carbonyl (C=O) groups is 1. The fourth-order valence-corrected chi connectivity index (χ4v) is 4.80. The maximum atomic E-state index is 13.3. The van der Waals surface area contributed by atoms with Crippen LogP contribution in [0.4, 0.5) is 24.5 Å². The number of hydrogen-bond acceptors (Lipinski definition) is 4. The van der Waals surface area contributed by atoms with Gasteiger partial charge < -0.3 is 19.9 Å². The molecule has 2 heterocycles. The Morgan fingerprint density at radius 2 is 2.03 bits per heavy atom. The number of halogens is 4. The van der Waals surface area contributed by atoms with Crippen molar-refractivity contribution in [3.8, 4) is 0 Å². The molecule has 4 rings (SSSR count). The first-order chi connectivity index (χ1) is 15.3. The first kappa shape index (κ1) is 22.7. The Labute approximate surface area is 190 Å². The fraction of sp³-hybridized carbons (Fsp3) is 0.435. The summed E-state index contributed by atoms with van der Waals surface area (Å²) in [6.07, 6.45) is -4.17. The molecule has 0 saturated carbocycles. The van der Waals surface area contributed by atoms with Crippen molar-refractivity contribution in [2.45, 2.75) is 18.6 Å². The highest BCUT2D eigenvalue weighted by molar-refractivity contribution is 6.30. The minimum absolute atomic E-state index is 0.172. The number of hydrogen-bond donors (Lipinski definition) is 1. The van der Waals surface area contributed by atoms with Crippen LogP contribution in [0.15, 0.2) is 42.5 Å². The lowest BCUT2D eigenvalue weighted by Gasteiger charge is -2.49. The van der Waals surface area contributed by atoms with Crippen LogP contribution in [0, 0.1) is 5.92 Å². The molecule has 2 aromatic rings. The smallest absolute Gasteiger partial charge is 0.383 e. The zero-order valence-electron chi connectivity index (χ0n) is 17.7. The lowest BCUT2D eigenvalue weighted by Crippen LogP contribution is -2.61. The van der Waals surface area contributed by atoms with Gasteiger partial charge in [0.05, 0.1) is 24.1 Å². The van der Waals surface area contributed by atoms with Crippen LogP contribution in [0.25, 0.3) is 0 Å². The minimum atomic E-state index is -4.42. The number of fused-ring (bicyclic) bond motifs is 3. The van der Waals surface area contributed by atoms with Gasteiger partial charge in [0.2, 0.25) is 5.91 Å². The number of methoxy groups -OCH3 is 1. The van der Waals surface area contributed by atoms with Crippen LogP contribution in [-0.4, -0.2) is 51.8 Å². The highest BCUT2D eigenvalue weighted by Gasteiger charge is 2.42. The van der Waals surface area contributed by atoms with Crippen molar-refractivity contribution in [3.05, 3.63) is 58.6 Å². The number of carbonyl (C=O) groups excluding carboxylic acids is 1. The first-order valence-corrected chi connectivity index (χ1v) is 10.9. The van der Waals surface area contributed by atoms with Gasteiger partial charge in [0.1, 0.15) is 0 Å². The maximum Gasteiger partial charge on any atom is 0.416 e. The van der Waals surface area contributed by atoms with Crippen molar-refractivity contribution in [1.82, 2.24) is 5.32 Å². The van der Waals surface area contributed by atoms with E-state index in [-0.39, 0.29) is 18.4 Å². The summed E-state index contributed by atoms with van der Waals surface area (Å²) in [6, 6.07) is 11.2. The first-order valence-electron chi connectivity index (χ1n) is 10.5. The molecule has 1 N–H and O–H groups in total. The summed E-state index contributed by atoms with van der Waals surface area (Å²) in [7, 11) is 1.55. The van der Waals surface area contributed by atoms with E-state index in [0.717, 1.165) is 17.4 Å². The van der Waals surface area contributed by atoms with E-state index in [2.05, 4.69) is 15.1 Å². The maximum absolute atomic E-state index is 13.3. The monoisotopic (exact) mass is 467 g/mol. The molecule has 9 heteroatoms. The molecule has 2 atom stereocenters. The number of piperazine rings is 1. The van der Waals surface area contributed by atoms with Crippen molar-refractivity contribution >= 4 is 28.9 Å². The summed E-state index contributed by atoms with van der Waals surface area (Å²) in [6.45, 7) is 2.57. The number of anilines is 2. The van der Waals surface area contributed by atoms with Gasteiger partial charge in [-0.05, 0) is 48.4 Å². The molecular formula is C23H25ClF3N3O2. The average Bonchev–Trinajstić information content (AvgIpc) is 2.77. The van der Waals surface area contributed by atoms with Gasteiger partial charge in [-0.2, -0.15) is 13.2 Å². The molecule has 2 aliphatic rings. The third-order valence-electron chi connectivity index (χ3n) is 6.15. The topological polar surface area (TPSA) is 44.8 Å². The molecule has 172 valence electrons. The summed E-state index contributed by atoms with van der Waals surface area (Å²) in [5.74, 6) is -0.655. The standard InChI is InChI=1S/C23H25ClF3N3O2/c1-32-10-7-28-22(31)19-12-15-11-16(23(25,26)27)5-6-20(15)30-9-8-29(14-21(19)30)18-4-2-3-17(24)13-18/h2-6,11,13,19,21H,7-10,12,14H2,1H3,(H,28,31)/t19-,21+/m1/s1. The van der Waals surface area contributed by atoms with Crippen LogP contribution in [0.1, 0.15) is 11.1 Å². The number of rotatable bonds is 5. The Morgan fingerprint density at radius 1 is 1.22 bits per heavy atom. The SMILES string of the molecule is COCCNC(=O)[C@@H]1Cc2cc(C(F)(F)F)ccc2N2CCN(c3cccc(Cl)c3)C[C@@H]12. The second kappa shape index (κ2) is 9.19. The number of alkyl halides is 3. The molecule has 0 spiro atoms. The molecule has 2 aromatic carbocycles. The normalized spacial score (nSPS) is 20.5. The van der Waals surface area contributed by atoms with Gasteiger partial charge in [-0.15, -0.1) is 0 Å². The Balaban J connectivity index is 1.65. The molecule has 2 aliphatic heterocycles. The number of ether oxygens (including phenoxy) is 1. The van der Waals surface area contributed by atoms with E-state index in [9.17, 15) is 18.0 Å². The van der Waals surface area contributed by atoms with Crippen LogP contribution in [0.2, 0.25) is 5.02 Å². The Kier molecular flexibility index (Phi) is 6.53. The number of nitrogens with zero attached hydrogens (tertiary/aromatic N) is 2. The molecule has 5 nitrogen and oxygen atoms in total. The van der Waals surface area contributed by atoms with E-state index >= 15 is 0 Å². The molecule has 1 amide bonds. The summed E-state index contributed by atoms with van der Waals surface area (Å²) >= 11 is 6.17. The molecule has 0 radical (unpaired) electrons. The number of amides is 1. The van der Waals surface area contributed by atoms with Crippen LogP contribution < -0.4 is 15.1 Å². The molecule has 0 aliphatic carbocycles. The van der Waals surface area contributed by atoms with Gasteiger partial charge >= 0.3 is 6.18 Å². The van der Waals surface area contributed by atoms with E-state index in [4.69, 9.17) is 16.3 Å². The summed E-state index contributed by atoms with van der Waals surface area (Å²) in [5.41, 5.74) is 1.61. The van der Waals surface area contributed by atoms with Crippen molar-refractivity contribution in [2.75, 3.05) is 49.7 Å². The van der Waals surface area contributed by atoms with Gasteiger partial charge in [0, 0.05) is 49.7 Å². The second-order valence-corrected chi connectivity index (χ2v) is 8.56. The number of benzene rings is 2. The van der Waals surface area contributed by atoms with Gasteiger partial charge in [0.15, 0.2) is 0 Å². The molecule has 1 fully saturated rings. The summed E-state index contributed by atoms with van der Waals surface area (Å²) in [4.78, 5) is 17.3. The largest absolute Gasteiger partial charge is 0.416 e. The van der Waals surface area contributed by atoms with Crippen LogP contribution in [0.3, 0.4) is 0 Å². The highest BCUT2D eigenvalue weighted by Crippen LogP contribution is 2.40. The van der Waals surface area contributed by atoms with E-state index in [1.54, 1.807) is 13.2 Å². The van der Waals surface area contributed by atoms with Crippen molar-refractivity contribution < 1.29 is 22.7 Å². The van der Waals surface area contributed by atoms with Crippen molar-refractivity contribution in [2.24, 2.45) is 5.92 Å². The van der Waals surface area contributed by atoms with Gasteiger partial charge in [-0.25, -0.2) is 0 Å². The van der Waals surface area contributed by atoms with E-state index in [0.29, 0.717) is 43.4 Å². The lowest BCUT2D eigenvalue weighted by atomic mass is 9.82. The van der Waals surface area contributed by atoms with Crippen molar-refractivity contribution in [1.29, 1.82) is 0 Å². The van der Waals surface area contributed by atoms with Crippen molar-refractivity contribution in [3.63, 3.8) is 0 Å². The van der Waals surface area contributed by atoms with Gasteiger partial charge in [-0.3, -0.25) is 4.79 Å². The highest BCUT2D eigenvalue weighted by atomic mass is 35.5. The Morgan fingerprint density at radius 3 is 2.75 bits per heavy atom. The third kappa shape index (κ3) is 4.66. The molecule has 0 aromatic heterocycles. The fourth-order valence-electron chi connectivity index (χ4n) is 4.61. The van der Waals surface area contributed by atoms with E-state index < -0.39 is 17.7 Å². The Bertz CT molecular complexity index is 985. The van der Waals surface area contributed by atoms with Gasteiger partial charge in [0.25, 0.3) is 0 Å². The average molecular weight is 468 g/mol. The molecule has 0 bridgehead atoms. The zero-order chi connectivity index (χ0) is 22.9. The second-order valence-electron chi connectivity index (χ2n) is 8.12. The molecule has 32 heavy (non-hydrogen) atoms. The summed E-state index contributed by atoms with van der Waals surface area (Å²) in [5, 5.41) is 3.51. The Hall–Kier alpha value is -2.45. The number of nitrogens with one attached hydrogen (secondary N) is 1. The predicted molar refractivity (Wildman–Crippen MR) is 118 cm³/mol. The quantitative estimate of drug-likeness (QED) is 0.675. The van der Waals surface area contributed by atoms with Gasteiger partial charge in [-0.1, -0.05) is 17.7 Å². The molecule has 0 unspecified atom stereocenters. The van der Waals surface area contributed by atoms with Crippen LogP contribution in [0.5, 0.6) is 0 Å². The zero-order valence-corrected chi connectivity index (χ0v) is 18.4. The lowest BCUT2D eigenvalue weighted by molar-refractivity contribution is -0.137. The van der Waals surface area contributed by atoms with E-state index in [1.807, 2.05) is 24.3 Å².